The number of amides is 1. The number of carbonyl (C=O) groups is 1. The summed E-state index contributed by atoms with van der Waals surface area (Å²) in [6.45, 7) is 5.37. The molecule has 0 aliphatic carbocycles. The van der Waals surface area contributed by atoms with Gasteiger partial charge in [-0.2, -0.15) is 0 Å². The second kappa shape index (κ2) is 7.97. The van der Waals surface area contributed by atoms with Crippen molar-refractivity contribution < 1.29 is 21.6 Å². The zero-order chi connectivity index (χ0) is 22.2. The molecule has 0 bridgehead atoms. The normalized spacial score (nSPS) is 18.3. The van der Waals surface area contributed by atoms with Gasteiger partial charge in [0.05, 0.1) is 16.2 Å². The second-order valence-electron chi connectivity index (χ2n) is 7.96. The van der Waals surface area contributed by atoms with E-state index in [-0.39, 0.29) is 35.1 Å². The van der Waals surface area contributed by atoms with Crippen LogP contribution in [-0.2, 0) is 31.4 Å². The fourth-order valence-corrected chi connectivity index (χ4v) is 5.68. The molecule has 2 aliphatic heterocycles. The van der Waals surface area contributed by atoms with Gasteiger partial charge in [0.1, 0.15) is 0 Å². The predicted molar refractivity (Wildman–Crippen MR) is 114 cm³/mol. The minimum absolute atomic E-state index is 0.0544. The third-order valence-corrected chi connectivity index (χ3v) is 7.25. The first-order valence-electron chi connectivity index (χ1n) is 9.26. The number of hydrogen-bond acceptors (Lipinski definition) is 6. The van der Waals surface area contributed by atoms with Crippen LogP contribution in [0.2, 0.25) is 0 Å². The molecule has 0 saturated carbocycles. The Labute approximate surface area is 176 Å². The average Bonchev–Trinajstić information content (AvgIpc) is 2.63. The molecule has 11 heteroatoms. The van der Waals surface area contributed by atoms with E-state index in [4.69, 9.17) is 0 Å². The van der Waals surface area contributed by atoms with E-state index in [2.05, 4.69) is 14.4 Å². The number of sulfonamides is 2. The lowest BCUT2D eigenvalue weighted by atomic mass is 10.1. The van der Waals surface area contributed by atoms with Crippen molar-refractivity contribution >= 4 is 31.8 Å². The first-order chi connectivity index (χ1) is 13.9. The van der Waals surface area contributed by atoms with Crippen molar-refractivity contribution in [3.8, 4) is 0 Å². The Hall–Kier alpha value is -2.50. The molecule has 0 unspecified atom stereocenters. The number of carbonyl (C=O) groups excluding carboxylic acids is 1. The summed E-state index contributed by atoms with van der Waals surface area (Å²) in [7, 11) is -7.42. The van der Waals surface area contributed by atoms with Crippen LogP contribution in [0.4, 0.5) is 0 Å². The molecule has 1 amide bonds. The molecule has 9 nitrogen and oxygen atoms in total. The predicted octanol–water partition coefficient (Wildman–Crippen LogP) is 0.877. The van der Waals surface area contributed by atoms with Gasteiger partial charge in [0.25, 0.3) is 15.9 Å². The third kappa shape index (κ3) is 5.15. The Bertz CT molecular complexity index is 1160. The lowest BCUT2D eigenvalue weighted by Crippen LogP contribution is -2.42. The highest BCUT2D eigenvalue weighted by Gasteiger charge is 2.30. The van der Waals surface area contributed by atoms with Gasteiger partial charge in [-0.1, -0.05) is 18.2 Å². The van der Waals surface area contributed by atoms with E-state index < -0.39 is 31.5 Å². The van der Waals surface area contributed by atoms with E-state index >= 15 is 0 Å². The minimum Gasteiger partial charge on any atom is -0.348 e. The number of nitrogens with zero attached hydrogens (tertiary/aromatic N) is 2. The standard InChI is InChI=1S/C19H24N4O5S2/c1-19(2,3)22-30(27,28)16-9-5-4-7-14(16)13-20-18(24)15-8-6-10-23-11-12-29(25,26)21-17(15)23/h4-10,22H,11-13H2,1-3H3,(H,20,24). The molecule has 30 heavy (non-hydrogen) atoms. The summed E-state index contributed by atoms with van der Waals surface area (Å²) in [6.07, 6.45) is 4.77. The zero-order valence-electron chi connectivity index (χ0n) is 16.9. The number of benzene rings is 1. The van der Waals surface area contributed by atoms with Crippen LogP contribution in [-0.4, -0.2) is 51.3 Å². The Morgan fingerprint density at radius 2 is 1.93 bits per heavy atom. The first kappa shape index (κ1) is 22.2. The molecule has 3 rings (SSSR count). The van der Waals surface area contributed by atoms with Crippen LogP contribution < -0.4 is 10.0 Å². The summed E-state index contributed by atoms with van der Waals surface area (Å²) >= 11 is 0. The fourth-order valence-electron chi connectivity index (χ4n) is 3.03. The molecule has 1 aromatic rings. The SMILES string of the molecule is CC(C)(C)NS(=O)(=O)c1ccccc1CNC(=O)C1=CC=CN2CCS(=O)(=O)N=C12. The van der Waals surface area contributed by atoms with Crippen molar-refractivity contribution in [2.24, 2.45) is 4.40 Å². The molecular formula is C19H24N4O5S2. The van der Waals surface area contributed by atoms with Gasteiger partial charge in [-0.15, -0.1) is 4.40 Å². The topological polar surface area (TPSA) is 125 Å². The van der Waals surface area contributed by atoms with Gasteiger partial charge in [0.2, 0.25) is 10.0 Å². The molecule has 2 N–H and O–H groups in total. The first-order valence-corrected chi connectivity index (χ1v) is 12.4. The molecule has 0 fully saturated rings. The largest absolute Gasteiger partial charge is 0.348 e. The van der Waals surface area contributed by atoms with Crippen LogP contribution in [0.3, 0.4) is 0 Å². The Morgan fingerprint density at radius 1 is 1.23 bits per heavy atom. The van der Waals surface area contributed by atoms with Crippen LogP contribution in [0.5, 0.6) is 0 Å². The van der Waals surface area contributed by atoms with Gasteiger partial charge >= 0.3 is 0 Å². The quantitative estimate of drug-likeness (QED) is 0.683. The Morgan fingerprint density at radius 3 is 2.63 bits per heavy atom. The number of rotatable bonds is 5. The fraction of sp³-hybridized carbons (Fsp3) is 0.368. The van der Waals surface area contributed by atoms with Crippen molar-refractivity contribution in [3.05, 3.63) is 53.8 Å². The highest BCUT2D eigenvalue weighted by Crippen LogP contribution is 2.20. The Kier molecular flexibility index (Phi) is 5.89. The lowest BCUT2D eigenvalue weighted by Gasteiger charge is -2.28. The minimum atomic E-state index is -3.79. The Balaban J connectivity index is 1.82. The molecule has 0 atom stereocenters. The molecule has 1 aromatic carbocycles. The summed E-state index contributed by atoms with van der Waals surface area (Å²) in [5, 5.41) is 2.67. The average molecular weight is 453 g/mol. The summed E-state index contributed by atoms with van der Waals surface area (Å²) < 4.78 is 55.5. The van der Waals surface area contributed by atoms with Crippen LogP contribution in [0.15, 0.2) is 57.5 Å². The van der Waals surface area contributed by atoms with Crippen molar-refractivity contribution in [2.75, 3.05) is 12.3 Å². The molecular weight excluding hydrogens is 428 g/mol. The van der Waals surface area contributed by atoms with Crippen molar-refractivity contribution in [3.63, 3.8) is 0 Å². The second-order valence-corrected chi connectivity index (χ2v) is 11.4. The maximum Gasteiger partial charge on any atom is 0.256 e. The molecule has 2 aliphatic rings. The van der Waals surface area contributed by atoms with Gasteiger partial charge in [0, 0.05) is 24.8 Å². The summed E-state index contributed by atoms with van der Waals surface area (Å²) in [4.78, 5) is 14.4. The van der Waals surface area contributed by atoms with E-state index in [0.29, 0.717) is 5.56 Å². The lowest BCUT2D eigenvalue weighted by molar-refractivity contribution is -0.117. The summed E-state index contributed by atoms with van der Waals surface area (Å²) in [5.74, 6) is -0.602. The number of hydrogen-bond donors (Lipinski definition) is 2. The maximum atomic E-state index is 12.7. The van der Waals surface area contributed by atoms with Crippen molar-refractivity contribution in [1.82, 2.24) is 14.9 Å². The van der Waals surface area contributed by atoms with Gasteiger partial charge in [-0.25, -0.2) is 21.6 Å². The molecule has 0 radical (unpaired) electrons. The van der Waals surface area contributed by atoms with Crippen molar-refractivity contribution in [2.45, 2.75) is 37.8 Å². The van der Waals surface area contributed by atoms with E-state index in [1.165, 1.54) is 12.1 Å². The number of allylic oxidation sites excluding steroid dienone is 2. The number of amidine groups is 1. The molecule has 162 valence electrons. The van der Waals surface area contributed by atoms with Gasteiger partial charge in [0.15, 0.2) is 5.84 Å². The van der Waals surface area contributed by atoms with E-state index in [9.17, 15) is 21.6 Å². The highest BCUT2D eigenvalue weighted by molar-refractivity contribution is 7.90. The van der Waals surface area contributed by atoms with Crippen LogP contribution in [0.1, 0.15) is 26.3 Å². The van der Waals surface area contributed by atoms with Gasteiger partial charge < -0.3 is 10.2 Å². The maximum absolute atomic E-state index is 12.7. The van der Waals surface area contributed by atoms with Gasteiger partial charge in [-0.05, 0) is 44.6 Å². The van der Waals surface area contributed by atoms with Crippen LogP contribution >= 0.6 is 0 Å². The monoisotopic (exact) mass is 452 g/mol. The number of fused-ring (bicyclic) bond motifs is 1. The number of nitrogens with one attached hydrogen (secondary N) is 2. The van der Waals surface area contributed by atoms with Crippen molar-refractivity contribution in [1.29, 1.82) is 0 Å². The van der Waals surface area contributed by atoms with E-state index in [0.717, 1.165) is 0 Å². The highest BCUT2D eigenvalue weighted by atomic mass is 32.2. The smallest absolute Gasteiger partial charge is 0.256 e. The third-order valence-electron chi connectivity index (χ3n) is 4.24. The van der Waals surface area contributed by atoms with Crippen LogP contribution in [0, 0.1) is 0 Å². The summed E-state index contributed by atoms with van der Waals surface area (Å²) in [6, 6.07) is 6.37. The zero-order valence-corrected chi connectivity index (χ0v) is 18.5. The van der Waals surface area contributed by atoms with Crippen LogP contribution in [0.25, 0.3) is 0 Å². The molecule has 0 saturated heterocycles. The molecule has 2 heterocycles. The molecule has 0 spiro atoms. The van der Waals surface area contributed by atoms with E-state index in [1.54, 1.807) is 56.1 Å². The van der Waals surface area contributed by atoms with Gasteiger partial charge in [-0.3, -0.25) is 4.79 Å². The molecule has 0 aromatic heterocycles. The summed E-state index contributed by atoms with van der Waals surface area (Å²) in [5.41, 5.74) is -0.152. The van der Waals surface area contributed by atoms with E-state index in [1.807, 2.05) is 0 Å².